The van der Waals surface area contributed by atoms with Gasteiger partial charge < -0.3 is 15.4 Å². The van der Waals surface area contributed by atoms with Crippen LogP contribution in [0, 0.1) is 0 Å². The lowest BCUT2D eigenvalue weighted by atomic mass is 10.0. The fourth-order valence-corrected chi connectivity index (χ4v) is 2.57. The molecule has 0 radical (unpaired) electrons. The van der Waals surface area contributed by atoms with Crippen molar-refractivity contribution in [2.75, 3.05) is 24.8 Å². The molecule has 0 bridgehead atoms. The van der Waals surface area contributed by atoms with Gasteiger partial charge in [0.2, 0.25) is 0 Å². The number of nitrogens with zero attached hydrogens (tertiary/aromatic N) is 1. The van der Waals surface area contributed by atoms with Gasteiger partial charge in [-0.1, -0.05) is 35.9 Å². The molecular weight excluding hydrogens is 284 g/mol. The van der Waals surface area contributed by atoms with E-state index < -0.39 is 0 Å². The monoisotopic (exact) mass is 304 g/mol. The van der Waals surface area contributed by atoms with Gasteiger partial charge in [0.05, 0.1) is 23.5 Å². The average Bonchev–Trinajstić information content (AvgIpc) is 2.50. The number of para-hydroxylation sites is 2. The highest BCUT2D eigenvalue weighted by molar-refractivity contribution is 6.33. The summed E-state index contributed by atoms with van der Waals surface area (Å²) in [6.45, 7) is 2.16. The molecule has 21 heavy (non-hydrogen) atoms. The van der Waals surface area contributed by atoms with Crippen LogP contribution in [0.15, 0.2) is 42.5 Å². The van der Waals surface area contributed by atoms with Crippen LogP contribution in [0.4, 0.5) is 11.4 Å². The van der Waals surface area contributed by atoms with Gasteiger partial charge in [-0.15, -0.1) is 0 Å². The SMILES string of the molecule is COc1ccccc1CC(C)N(C)c1cccc(Cl)c1N. The van der Waals surface area contributed by atoms with Crippen LogP contribution in [-0.4, -0.2) is 20.2 Å². The van der Waals surface area contributed by atoms with E-state index >= 15 is 0 Å². The Morgan fingerprint density at radius 2 is 1.90 bits per heavy atom. The highest BCUT2D eigenvalue weighted by Gasteiger charge is 2.16. The Kier molecular flexibility index (Phi) is 4.97. The highest BCUT2D eigenvalue weighted by Crippen LogP contribution is 2.31. The molecule has 1 unspecified atom stereocenters. The maximum absolute atomic E-state index is 6.10. The van der Waals surface area contributed by atoms with Crippen LogP contribution in [0.5, 0.6) is 5.75 Å². The van der Waals surface area contributed by atoms with Crippen molar-refractivity contribution in [3.8, 4) is 5.75 Å². The molecule has 2 rings (SSSR count). The van der Waals surface area contributed by atoms with Crippen LogP contribution in [0.25, 0.3) is 0 Å². The minimum atomic E-state index is 0.266. The van der Waals surface area contributed by atoms with E-state index in [0.29, 0.717) is 10.7 Å². The van der Waals surface area contributed by atoms with Crippen molar-refractivity contribution >= 4 is 23.0 Å². The van der Waals surface area contributed by atoms with E-state index in [2.05, 4.69) is 17.9 Å². The van der Waals surface area contributed by atoms with Gasteiger partial charge in [-0.25, -0.2) is 0 Å². The molecule has 2 aromatic rings. The summed E-state index contributed by atoms with van der Waals surface area (Å²) in [5, 5.41) is 0.587. The third-order valence-electron chi connectivity index (χ3n) is 3.78. The summed E-state index contributed by atoms with van der Waals surface area (Å²) in [5.74, 6) is 0.914. The first kappa shape index (κ1) is 15.5. The number of benzene rings is 2. The topological polar surface area (TPSA) is 38.5 Å². The van der Waals surface area contributed by atoms with Crippen molar-refractivity contribution in [3.63, 3.8) is 0 Å². The van der Waals surface area contributed by atoms with E-state index in [1.54, 1.807) is 13.2 Å². The second kappa shape index (κ2) is 6.72. The Morgan fingerprint density at radius 3 is 2.62 bits per heavy atom. The summed E-state index contributed by atoms with van der Waals surface area (Å²) < 4.78 is 5.41. The maximum atomic E-state index is 6.10. The minimum Gasteiger partial charge on any atom is -0.496 e. The van der Waals surface area contributed by atoms with Crippen molar-refractivity contribution in [2.24, 2.45) is 0 Å². The van der Waals surface area contributed by atoms with Crippen LogP contribution in [0.1, 0.15) is 12.5 Å². The molecule has 0 saturated heterocycles. The lowest BCUT2D eigenvalue weighted by Gasteiger charge is -2.29. The fourth-order valence-electron chi connectivity index (χ4n) is 2.40. The van der Waals surface area contributed by atoms with Crippen molar-refractivity contribution in [1.82, 2.24) is 0 Å². The number of hydrogen-bond acceptors (Lipinski definition) is 3. The van der Waals surface area contributed by atoms with Crippen molar-refractivity contribution in [2.45, 2.75) is 19.4 Å². The number of anilines is 2. The van der Waals surface area contributed by atoms with Gasteiger partial charge in [-0.3, -0.25) is 0 Å². The van der Waals surface area contributed by atoms with Gasteiger partial charge >= 0.3 is 0 Å². The van der Waals surface area contributed by atoms with Crippen molar-refractivity contribution in [3.05, 3.63) is 53.1 Å². The number of nitrogens with two attached hydrogens (primary N) is 1. The molecule has 3 nitrogen and oxygen atoms in total. The van der Waals surface area contributed by atoms with Gasteiger partial charge in [0.25, 0.3) is 0 Å². The number of ether oxygens (including phenoxy) is 1. The molecule has 2 N–H and O–H groups in total. The molecule has 0 spiro atoms. The zero-order valence-corrected chi connectivity index (χ0v) is 13.4. The molecule has 0 fully saturated rings. The lowest BCUT2D eigenvalue weighted by Crippen LogP contribution is -2.31. The molecule has 0 heterocycles. The molecule has 0 saturated carbocycles. The Bertz CT molecular complexity index is 615. The van der Waals surface area contributed by atoms with Gasteiger partial charge in [0, 0.05) is 13.1 Å². The quantitative estimate of drug-likeness (QED) is 0.849. The van der Waals surface area contributed by atoms with Crippen molar-refractivity contribution in [1.29, 1.82) is 0 Å². The van der Waals surface area contributed by atoms with Crippen LogP contribution in [0.3, 0.4) is 0 Å². The molecule has 0 aliphatic carbocycles. The third-order valence-corrected chi connectivity index (χ3v) is 4.11. The molecular formula is C17H21ClN2O. The highest BCUT2D eigenvalue weighted by atomic mass is 35.5. The maximum Gasteiger partial charge on any atom is 0.122 e. The number of nitrogen functional groups attached to an aromatic ring is 1. The molecule has 4 heteroatoms. The van der Waals surface area contributed by atoms with Gasteiger partial charge in [0.1, 0.15) is 5.75 Å². The summed E-state index contributed by atoms with van der Waals surface area (Å²) >= 11 is 6.10. The van der Waals surface area contributed by atoms with E-state index in [1.807, 2.05) is 37.4 Å². The predicted molar refractivity (Wildman–Crippen MR) is 90.4 cm³/mol. The Labute approximate surface area is 131 Å². The molecule has 0 aromatic heterocycles. The second-order valence-corrected chi connectivity index (χ2v) is 5.56. The molecule has 1 atom stereocenters. The third kappa shape index (κ3) is 3.42. The van der Waals surface area contributed by atoms with E-state index in [0.717, 1.165) is 17.9 Å². The van der Waals surface area contributed by atoms with Gasteiger partial charge in [-0.05, 0) is 37.1 Å². The normalized spacial score (nSPS) is 12.0. The number of halogens is 1. The summed E-state index contributed by atoms with van der Waals surface area (Å²) in [6, 6.07) is 14.0. The van der Waals surface area contributed by atoms with E-state index in [9.17, 15) is 0 Å². The largest absolute Gasteiger partial charge is 0.496 e. The molecule has 0 aliphatic rings. The van der Waals surface area contributed by atoms with Gasteiger partial charge in [-0.2, -0.15) is 0 Å². The molecule has 0 aliphatic heterocycles. The number of likely N-dealkylation sites (N-methyl/N-ethyl adjacent to an activating group) is 1. The number of hydrogen-bond donors (Lipinski definition) is 1. The first-order valence-corrected chi connectivity index (χ1v) is 7.31. The smallest absolute Gasteiger partial charge is 0.122 e. The Balaban J connectivity index is 2.20. The van der Waals surface area contributed by atoms with Gasteiger partial charge in [0.15, 0.2) is 0 Å². The first-order chi connectivity index (χ1) is 10.0. The van der Waals surface area contributed by atoms with E-state index in [4.69, 9.17) is 22.1 Å². The minimum absolute atomic E-state index is 0.266. The average molecular weight is 305 g/mol. The summed E-state index contributed by atoms with van der Waals surface area (Å²) in [5.41, 5.74) is 8.82. The Hall–Kier alpha value is -1.87. The fraction of sp³-hybridized carbons (Fsp3) is 0.294. The lowest BCUT2D eigenvalue weighted by molar-refractivity contribution is 0.408. The summed E-state index contributed by atoms with van der Waals surface area (Å²) in [6.07, 6.45) is 0.868. The Morgan fingerprint density at radius 1 is 1.19 bits per heavy atom. The second-order valence-electron chi connectivity index (χ2n) is 5.15. The zero-order valence-electron chi connectivity index (χ0n) is 12.6. The predicted octanol–water partition coefficient (Wildman–Crippen LogP) is 4.00. The number of rotatable bonds is 5. The first-order valence-electron chi connectivity index (χ1n) is 6.93. The van der Waals surface area contributed by atoms with Crippen LogP contribution < -0.4 is 15.4 Å². The molecule has 2 aromatic carbocycles. The van der Waals surface area contributed by atoms with Crippen LogP contribution >= 0.6 is 11.6 Å². The summed E-state index contributed by atoms with van der Waals surface area (Å²) in [4.78, 5) is 2.15. The molecule has 112 valence electrons. The van der Waals surface area contributed by atoms with E-state index in [-0.39, 0.29) is 6.04 Å². The van der Waals surface area contributed by atoms with Crippen molar-refractivity contribution < 1.29 is 4.74 Å². The van der Waals surface area contributed by atoms with Crippen LogP contribution in [-0.2, 0) is 6.42 Å². The molecule has 0 amide bonds. The van der Waals surface area contributed by atoms with E-state index in [1.165, 1.54) is 5.56 Å². The summed E-state index contributed by atoms with van der Waals surface area (Å²) in [7, 11) is 3.73. The number of methoxy groups -OCH3 is 1. The standard InChI is InChI=1S/C17H21ClN2O/c1-12(11-13-7-4-5-10-16(13)21-3)20(2)15-9-6-8-14(18)17(15)19/h4-10,12H,11,19H2,1-3H3. The zero-order chi connectivity index (χ0) is 15.4. The van der Waals surface area contributed by atoms with Crippen LogP contribution in [0.2, 0.25) is 5.02 Å².